The molecular weight excluding hydrogens is 480 g/mol. The van der Waals surface area contributed by atoms with E-state index in [1.807, 2.05) is 0 Å². The van der Waals surface area contributed by atoms with Gasteiger partial charge in [0, 0.05) is 17.3 Å². The molecule has 1 N–H and O–H groups in total. The van der Waals surface area contributed by atoms with Gasteiger partial charge in [0.05, 0.1) is 11.7 Å². The quantitative estimate of drug-likeness (QED) is 0.115. The lowest BCUT2D eigenvalue weighted by Crippen LogP contribution is -2.22. The maximum atomic E-state index is 12.0. The van der Waals surface area contributed by atoms with Crippen molar-refractivity contribution in [2.75, 3.05) is 6.61 Å². The van der Waals surface area contributed by atoms with E-state index in [2.05, 4.69) is 47.2 Å². The van der Waals surface area contributed by atoms with E-state index in [9.17, 15) is 14.7 Å². The molecule has 1 rings (SSSR count). The molecule has 0 amide bonds. The lowest BCUT2D eigenvalue weighted by Gasteiger charge is -2.11. The molecule has 0 unspecified atom stereocenters. The van der Waals surface area contributed by atoms with Gasteiger partial charge in [0.25, 0.3) is 0 Å². The predicted molar refractivity (Wildman–Crippen MR) is 139 cm³/mol. The van der Waals surface area contributed by atoms with Crippen molar-refractivity contribution < 1.29 is 19.4 Å². The van der Waals surface area contributed by atoms with Crippen molar-refractivity contribution in [3.63, 3.8) is 0 Å². The van der Waals surface area contributed by atoms with Gasteiger partial charge in [-0.15, -0.1) is 0 Å². The normalized spacial score (nSPS) is 12.5. The van der Waals surface area contributed by atoms with E-state index in [1.54, 1.807) is 24.3 Å². The molecule has 0 aliphatic carbocycles. The van der Waals surface area contributed by atoms with Crippen molar-refractivity contribution in [3.8, 4) is 0 Å². The lowest BCUT2D eigenvalue weighted by molar-refractivity contribution is -0.121. The minimum Gasteiger partial charge on any atom is -0.459 e. The van der Waals surface area contributed by atoms with Crippen LogP contribution in [0.1, 0.15) is 101 Å². The average Bonchev–Trinajstić information content (AvgIpc) is 2.80. The van der Waals surface area contributed by atoms with Gasteiger partial charge in [-0.25, -0.2) is 4.79 Å². The minimum atomic E-state index is -0.949. The molecule has 0 aliphatic rings. The molecular formula is C28H41BrO4. The van der Waals surface area contributed by atoms with Crippen molar-refractivity contribution in [1.82, 2.24) is 0 Å². The van der Waals surface area contributed by atoms with Gasteiger partial charge in [-0.3, -0.25) is 4.79 Å². The number of allylic oxidation sites excluding steroid dienone is 4. The number of ether oxygens (including phenoxy) is 1. The first-order chi connectivity index (χ1) is 16.0. The zero-order valence-corrected chi connectivity index (χ0v) is 21.7. The molecule has 0 aromatic heterocycles. The van der Waals surface area contributed by atoms with Crippen LogP contribution in [0.2, 0.25) is 0 Å². The zero-order valence-electron chi connectivity index (χ0n) is 20.1. The van der Waals surface area contributed by atoms with E-state index in [0.717, 1.165) is 36.6 Å². The molecule has 0 bridgehead atoms. The maximum Gasteiger partial charge on any atom is 0.338 e. The molecule has 5 heteroatoms. The lowest BCUT2D eigenvalue weighted by atomic mass is 10.0. The number of hydrogen-bond donors (Lipinski definition) is 1. The monoisotopic (exact) mass is 520 g/mol. The van der Waals surface area contributed by atoms with Gasteiger partial charge in [0.15, 0.2) is 0 Å². The fourth-order valence-electron chi connectivity index (χ4n) is 3.40. The number of halogens is 1. The van der Waals surface area contributed by atoms with Crippen molar-refractivity contribution in [3.05, 3.63) is 58.6 Å². The van der Waals surface area contributed by atoms with Crippen LogP contribution < -0.4 is 0 Å². The minimum absolute atomic E-state index is 0.0212. The van der Waals surface area contributed by atoms with Gasteiger partial charge >= 0.3 is 5.97 Å². The van der Waals surface area contributed by atoms with Gasteiger partial charge < -0.3 is 9.84 Å². The summed E-state index contributed by atoms with van der Waals surface area (Å²) in [6.07, 6.45) is 21.2. The fraction of sp³-hybridized carbons (Fsp3) is 0.571. The standard InChI is InChI=1S/C28H41BrO4/c1-2-3-4-5-6-7-8-9-10-11-12-13-14-15-16-17-26(30)22-27(31)23-33-28(32)24-18-20-25(29)21-19-24/h6-7,9-10,18-21,27,31H,2-5,8,11-17,22-23H2,1H3/b7-6-,10-9-/t27-/m1/s1. The van der Waals surface area contributed by atoms with Gasteiger partial charge in [-0.1, -0.05) is 79.3 Å². The molecule has 1 atom stereocenters. The Labute approximate surface area is 208 Å². The summed E-state index contributed by atoms with van der Waals surface area (Å²) >= 11 is 3.31. The Bertz CT molecular complexity index is 709. The number of unbranched alkanes of at least 4 members (excludes halogenated alkanes) is 8. The number of Topliss-reactive ketones (excluding diaryl/α,β-unsaturated/α-hetero) is 1. The van der Waals surface area contributed by atoms with Crippen LogP contribution in [0.4, 0.5) is 0 Å². The second-order valence-corrected chi connectivity index (χ2v) is 9.40. The van der Waals surface area contributed by atoms with E-state index in [-0.39, 0.29) is 18.8 Å². The van der Waals surface area contributed by atoms with Crippen LogP contribution in [0.3, 0.4) is 0 Å². The molecule has 0 radical (unpaired) electrons. The summed E-state index contributed by atoms with van der Waals surface area (Å²) in [5, 5.41) is 9.97. The molecule has 0 saturated carbocycles. The number of ketones is 1. The number of rotatable bonds is 19. The Morgan fingerprint density at radius 2 is 1.52 bits per heavy atom. The number of benzene rings is 1. The smallest absolute Gasteiger partial charge is 0.338 e. The van der Waals surface area contributed by atoms with E-state index in [4.69, 9.17) is 4.74 Å². The fourth-order valence-corrected chi connectivity index (χ4v) is 3.66. The summed E-state index contributed by atoms with van der Waals surface area (Å²) in [6, 6.07) is 6.80. The van der Waals surface area contributed by atoms with Crippen molar-refractivity contribution >= 4 is 27.7 Å². The first-order valence-electron chi connectivity index (χ1n) is 12.4. The number of carbonyl (C=O) groups is 2. The summed E-state index contributed by atoms with van der Waals surface area (Å²) in [5.41, 5.74) is 0.418. The summed E-state index contributed by atoms with van der Waals surface area (Å²) in [5.74, 6) is -0.476. The third-order valence-electron chi connectivity index (χ3n) is 5.36. The number of carbonyl (C=O) groups excluding carboxylic acids is 2. The maximum absolute atomic E-state index is 12.0. The highest BCUT2D eigenvalue weighted by Crippen LogP contribution is 2.12. The van der Waals surface area contributed by atoms with Crippen LogP contribution >= 0.6 is 15.9 Å². The van der Waals surface area contributed by atoms with Gasteiger partial charge in [0.2, 0.25) is 0 Å². The van der Waals surface area contributed by atoms with Crippen molar-refractivity contribution in [1.29, 1.82) is 0 Å². The number of hydrogen-bond acceptors (Lipinski definition) is 4. The SMILES string of the molecule is CCCCC/C=C\C/C=C\CCCCCCCC(=O)C[C@@H](O)COC(=O)c1ccc(Br)cc1. The van der Waals surface area contributed by atoms with Crippen LogP contribution in [-0.4, -0.2) is 29.6 Å². The van der Waals surface area contributed by atoms with Crippen molar-refractivity contribution in [2.24, 2.45) is 0 Å². The molecule has 0 aliphatic heterocycles. The zero-order chi connectivity index (χ0) is 24.2. The summed E-state index contributed by atoms with van der Waals surface area (Å²) < 4.78 is 5.97. The first kappa shape index (κ1) is 29.3. The average molecular weight is 522 g/mol. The second kappa shape index (κ2) is 19.7. The molecule has 4 nitrogen and oxygen atoms in total. The number of aliphatic hydroxyl groups excluding tert-OH is 1. The van der Waals surface area contributed by atoms with E-state index < -0.39 is 12.1 Å². The summed E-state index contributed by atoms with van der Waals surface area (Å²) in [7, 11) is 0. The molecule has 184 valence electrons. The van der Waals surface area contributed by atoms with Crippen LogP contribution in [0.15, 0.2) is 53.0 Å². The Morgan fingerprint density at radius 1 is 0.909 bits per heavy atom. The van der Waals surface area contributed by atoms with Gasteiger partial charge in [-0.2, -0.15) is 0 Å². The summed E-state index contributed by atoms with van der Waals surface area (Å²) in [4.78, 5) is 24.0. The molecule has 1 aromatic carbocycles. The van der Waals surface area contributed by atoms with Crippen LogP contribution in [0.25, 0.3) is 0 Å². The predicted octanol–water partition coefficient (Wildman–Crippen LogP) is 7.74. The van der Waals surface area contributed by atoms with Crippen LogP contribution in [0.5, 0.6) is 0 Å². The third-order valence-corrected chi connectivity index (χ3v) is 5.88. The largest absolute Gasteiger partial charge is 0.459 e. The molecule has 1 aromatic rings. The van der Waals surface area contributed by atoms with Crippen LogP contribution in [0, 0.1) is 0 Å². The van der Waals surface area contributed by atoms with Crippen molar-refractivity contribution in [2.45, 2.75) is 96.5 Å². The van der Waals surface area contributed by atoms with Gasteiger partial charge in [0.1, 0.15) is 12.4 Å². The van der Waals surface area contributed by atoms with Gasteiger partial charge in [-0.05, 0) is 62.8 Å². The molecule has 0 heterocycles. The molecule has 0 fully saturated rings. The molecule has 0 spiro atoms. The number of esters is 1. The molecule has 33 heavy (non-hydrogen) atoms. The Hall–Kier alpha value is -1.72. The highest BCUT2D eigenvalue weighted by Gasteiger charge is 2.14. The Morgan fingerprint density at radius 3 is 2.18 bits per heavy atom. The van der Waals surface area contributed by atoms with E-state index in [0.29, 0.717) is 12.0 Å². The highest BCUT2D eigenvalue weighted by atomic mass is 79.9. The van der Waals surface area contributed by atoms with E-state index >= 15 is 0 Å². The number of aliphatic hydroxyl groups is 1. The van der Waals surface area contributed by atoms with Crippen LogP contribution in [-0.2, 0) is 9.53 Å². The topological polar surface area (TPSA) is 63.6 Å². The van der Waals surface area contributed by atoms with E-state index in [1.165, 1.54) is 38.5 Å². The Kier molecular flexibility index (Phi) is 17.5. The Balaban J connectivity index is 1.97. The first-order valence-corrected chi connectivity index (χ1v) is 13.2. The second-order valence-electron chi connectivity index (χ2n) is 8.48. The highest BCUT2D eigenvalue weighted by molar-refractivity contribution is 9.10. The molecule has 0 saturated heterocycles. The summed E-state index contributed by atoms with van der Waals surface area (Å²) in [6.45, 7) is 2.07. The third kappa shape index (κ3) is 16.5.